The van der Waals surface area contributed by atoms with Gasteiger partial charge in [0, 0.05) is 11.8 Å². The topological polar surface area (TPSA) is 54.5 Å². The molecule has 8 heteroatoms. The molecule has 0 amide bonds. The maximum absolute atomic E-state index is 12.7. The summed E-state index contributed by atoms with van der Waals surface area (Å²) in [6.45, 7) is 1.73. The van der Waals surface area contributed by atoms with Crippen LogP contribution in [0.2, 0.25) is 5.15 Å². The van der Waals surface area contributed by atoms with Crippen LogP contribution in [0.5, 0.6) is 0 Å². The van der Waals surface area contributed by atoms with Crippen molar-refractivity contribution in [2.24, 2.45) is 0 Å². The minimum Gasteiger partial charge on any atom is -0.255 e. The number of benzene rings is 1. The van der Waals surface area contributed by atoms with E-state index in [0.29, 0.717) is 22.6 Å². The minimum atomic E-state index is -4.49. The molecule has 0 aliphatic rings. The summed E-state index contributed by atoms with van der Waals surface area (Å²) in [5, 5.41) is 14.1. The van der Waals surface area contributed by atoms with Gasteiger partial charge in [-0.15, -0.1) is 0 Å². The molecule has 136 valence electrons. The lowest BCUT2D eigenvalue weighted by Gasteiger charge is -2.06. The standard InChI is InChI=1S/C19H12ClF3N4/c1-12-16(18(20)27(26-12)15-5-3-2-4-6-15)9-13(10-24)17-8-7-14(11-25-17)19(21,22)23/h2-9,11H,1H3. The van der Waals surface area contributed by atoms with Gasteiger partial charge in [0.15, 0.2) is 0 Å². The van der Waals surface area contributed by atoms with Crippen molar-refractivity contribution in [3.63, 3.8) is 0 Å². The van der Waals surface area contributed by atoms with Crippen LogP contribution in [0.25, 0.3) is 17.3 Å². The Morgan fingerprint density at radius 1 is 1.19 bits per heavy atom. The molecule has 0 N–H and O–H groups in total. The second-order valence-corrected chi connectivity index (χ2v) is 5.99. The van der Waals surface area contributed by atoms with Crippen molar-refractivity contribution in [2.45, 2.75) is 13.1 Å². The Kier molecular flexibility index (Phi) is 5.02. The van der Waals surface area contributed by atoms with Gasteiger partial charge in [-0.1, -0.05) is 29.8 Å². The van der Waals surface area contributed by atoms with Gasteiger partial charge >= 0.3 is 6.18 Å². The highest BCUT2D eigenvalue weighted by atomic mass is 35.5. The quantitative estimate of drug-likeness (QED) is 0.571. The van der Waals surface area contributed by atoms with Crippen molar-refractivity contribution in [1.29, 1.82) is 5.26 Å². The van der Waals surface area contributed by atoms with Gasteiger partial charge in [0.2, 0.25) is 0 Å². The first-order valence-electron chi connectivity index (χ1n) is 7.77. The summed E-state index contributed by atoms with van der Waals surface area (Å²) < 4.78 is 39.5. The Morgan fingerprint density at radius 2 is 1.89 bits per heavy atom. The fourth-order valence-electron chi connectivity index (χ4n) is 2.44. The number of para-hydroxylation sites is 1. The molecule has 0 unspecified atom stereocenters. The minimum absolute atomic E-state index is 0.0846. The van der Waals surface area contributed by atoms with Gasteiger partial charge in [0.05, 0.1) is 28.2 Å². The summed E-state index contributed by atoms with van der Waals surface area (Å²) >= 11 is 6.42. The summed E-state index contributed by atoms with van der Waals surface area (Å²) in [4.78, 5) is 3.76. The molecule has 0 fully saturated rings. The number of halogens is 4. The molecule has 0 radical (unpaired) electrons. The van der Waals surface area contributed by atoms with Gasteiger partial charge in [-0.25, -0.2) is 4.68 Å². The first-order valence-corrected chi connectivity index (χ1v) is 8.15. The van der Waals surface area contributed by atoms with Gasteiger partial charge < -0.3 is 0 Å². The zero-order valence-electron chi connectivity index (χ0n) is 14.0. The molecule has 0 aliphatic heterocycles. The van der Waals surface area contributed by atoms with E-state index in [4.69, 9.17) is 11.6 Å². The number of nitrogens with zero attached hydrogens (tertiary/aromatic N) is 4. The zero-order valence-corrected chi connectivity index (χ0v) is 14.8. The smallest absolute Gasteiger partial charge is 0.255 e. The van der Waals surface area contributed by atoms with E-state index in [-0.39, 0.29) is 11.3 Å². The third-order valence-corrected chi connectivity index (χ3v) is 4.19. The summed E-state index contributed by atoms with van der Waals surface area (Å²) in [5.74, 6) is 0. The van der Waals surface area contributed by atoms with Crippen molar-refractivity contribution >= 4 is 23.3 Å². The van der Waals surface area contributed by atoms with E-state index in [9.17, 15) is 18.4 Å². The Morgan fingerprint density at radius 3 is 2.44 bits per heavy atom. The first kappa shape index (κ1) is 18.7. The molecule has 3 rings (SSSR count). The Labute approximate surface area is 158 Å². The van der Waals surface area contributed by atoms with Crippen LogP contribution in [-0.2, 0) is 6.18 Å². The van der Waals surface area contributed by atoms with E-state index < -0.39 is 11.7 Å². The summed E-state index contributed by atoms with van der Waals surface area (Å²) in [5.41, 5.74) is 1.14. The number of aryl methyl sites for hydroxylation is 1. The number of alkyl halides is 3. The van der Waals surface area contributed by atoms with Crippen LogP contribution >= 0.6 is 11.6 Å². The maximum Gasteiger partial charge on any atom is 0.417 e. The molecule has 0 bridgehead atoms. The number of aromatic nitrogens is 3. The predicted octanol–water partition coefficient (Wildman–Crippen LogP) is 5.31. The molecular weight excluding hydrogens is 377 g/mol. The largest absolute Gasteiger partial charge is 0.417 e. The van der Waals surface area contributed by atoms with Crippen molar-refractivity contribution in [1.82, 2.24) is 14.8 Å². The Hall–Kier alpha value is -3.11. The second kappa shape index (κ2) is 7.25. The lowest BCUT2D eigenvalue weighted by molar-refractivity contribution is -0.137. The van der Waals surface area contributed by atoms with Gasteiger partial charge in [-0.3, -0.25) is 4.98 Å². The second-order valence-electron chi connectivity index (χ2n) is 5.64. The Balaban J connectivity index is 2.02. The number of hydrogen-bond acceptors (Lipinski definition) is 3. The fraction of sp³-hybridized carbons (Fsp3) is 0.105. The number of allylic oxidation sites excluding steroid dienone is 1. The van der Waals surface area contributed by atoms with E-state index in [2.05, 4.69) is 10.1 Å². The molecule has 0 aliphatic carbocycles. The third kappa shape index (κ3) is 3.86. The van der Waals surface area contributed by atoms with Crippen LogP contribution in [0.4, 0.5) is 13.2 Å². The van der Waals surface area contributed by atoms with Crippen LogP contribution in [0.15, 0.2) is 48.7 Å². The molecule has 2 heterocycles. The molecule has 3 aromatic rings. The molecule has 2 aromatic heterocycles. The normalized spacial score (nSPS) is 12.1. The fourth-order valence-corrected chi connectivity index (χ4v) is 2.77. The van der Waals surface area contributed by atoms with Gasteiger partial charge in [0.25, 0.3) is 0 Å². The van der Waals surface area contributed by atoms with Crippen molar-refractivity contribution < 1.29 is 13.2 Å². The van der Waals surface area contributed by atoms with Gasteiger partial charge in [-0.05, 0) is 37.3 Å². The average molecular weight is 389 g/mol. The molecular formula is C19H12ClF3N4. The van der Waals surface area contributed by atoms with E-state index in [0.717, 1.165) is 17.8 Å². The number of rotatable bonds is 3. The average Bonchev–Trinajstić information content (AvgIpc) is 2.94. The maximum atomic E-state index is 12.7. The predicted molar refractivity (Wildman–Crippen MR) is 96.0 cm³/mol. The summed E-state index contributed by atoms with van der Waals surface area (Å²) in [6.07, 6.45) is -2.32. The third-order valence-electron chi connectivity index (χ3n) is 3.82. The zero-order chi connectivity index (χ0) is 19.6. The first-order chi connectivity index (χ1) is 12.8. The van der Waals surface area contributed by atoms with Crippen molar-refractivity contribution in [2.75, 3.05) is 0 Å². The van der Waals surface area contributed by atoms with Gasteiger partial charge in [-0.2, -0.15) is 23.5 Å². The van der Waals surface area contributed by atoms with Crippen molar-refractivity contribution in [3.05, 3.63) is 76.3 Å². The van der Waals surface area contributed by atoms with E-state index in [1.165, 1.54) is 10.8 Å². The molecule has 0 saturated heterocycles. The number of hydrogen-bond donors (Lipinski definition) is 0. The van der Waals surface area contributed by atoms with E-state index >= 15 is 0 Å². The molecule has 27 heavy (non-hydrogen) atoms. The van der Waals surface area contributed by atoms with E-state index in [1.54, 1.807) is 6.92 Å². The van der Waals surface area contributed by atoms with Crippen LogP contribution < -0.4 is 0 Å². The summed E-state index contributed by atoms with van der Waals surface area (Å²) in [6, 6.07) is 13.2. The number of nitriles is 1. The molecule has 0 saturated carbocycles. The van der Waals surface area contributed by atoms with Crippen LogP contribution in [-0.4, -0.2) is 14.8 Å². The highest BCUT2D eigenvalue weighted by Crippen LogP contribution is 2.30. The van der Waals surface area contributed by atoms with Gasteiger partial charge in [0.1, 0.15) is 11.2 Å². The lowest BCUT2D eigenvalue weighted by Crippen LogP contribution is -2.05. The molecule has 0 atom stereocenters. The molecule has 0 spiro atoms. The molecule has 4 nitrogen and oxygen atoms in total. The van der Waals surface area contributed by atoms with Crippen LogP contribution in [0.1, 0.15) is 22.5 Å². The van der Waals surface area contributed by atoms with Crippen LogP contribution in [0, 0.1) is 18.3 Å². The van der Waals surface area contributed by atoms with Crippen molar-refractivity contribution in [3.8, 4) is 11.8 Å². The van der Waals surface area contributed by atoms with Crippen LogP contribution in [0.3, 0.4) is 0 Å². The monoisotopic (exact) mass is 388 g/mol. The lowest BCUT2D eigenvalue weighted by atomic mass is 10.1. The van der Waals surface area contributed by atoms with E-state index in [1.807, 2.05) is 36.4 Å². The molecule has 1 aromatic carbocycles. The summed E-state index contributed by atoms with van der Waals surface area (Å²) in [7, 11) is 0. The Bertz CT molecular complexity index is 1030. The SMILES string of the molecule is Cc1nn(-c2ccccc2)c(Cl)c1C=C(C#N)c1ccc(C(F)(F)F)cn1. The highest BCUT2D eigenvalue weighted by Gasteiger charge is 2.30. The number of pyridine rings is 1. The highest BCUT2D eigenvalue weighted by molar-refractivity contribution is 6.31.